The number of methoxy groups -OCH3 is 1. The highest BCUT2D eigenvalue weighted by Crippen LogP contribution is 2.44. The molecular formula is C15H20ClNO2. The van der Waals surface area contributed by atoms with Crippen LogP contribution in [-0.2, 0) is 11.2 Å². The zero-order chi connectivity index (χ0) is 13.5. The molecule has 0 bridgehead atoms. The van der Waals surface area contributed by atoms with Crippen molar-refractivity contribution < 1.29 is 9.47 Å². The Morgan fingerprint density at radius 2 is 2.26 bits per heavy atom. The number of nitrogens with two attached hydrogens (primary N) is 1. The Hall–Kier alpha value is -0.770. The van der Waals surface area contributed by atoms with E-state index >= 15 is 0 Å². The van der Waals surface area contributed by atoms with Gasteiger partial charge in [-0.15, -0.1) is 0 Å². The van der Waals surface area contributed by atoms with E-state index in [1.165, 1.54) is 12.8 Å². The zero-order valence-electron chi connectivity index (χ0n) is 11.2. The molecule has 104 valence electrons. The number of halogens is 1. The van der Waals surface area contributed by atoms with Gasteiger partial charge in [0, 0.05) is 17.2 Å². The van der Waals surface area contributed by atoms with Gasteiger partial charge in [-0.3, -0.25) is 0 Å². The van der Waals surface area contributed by atoms with Crippen LogP contribution in [0.3, 0.4) is 0 Å². The second-order valence-corrected chi connectivity index (χ2v) is 6.18. The molecule has 2 unspecified atom stereocenters. The van der Waals surface area contributed by atoms with Crippen molar-refractivity contribution in [2.75, 3.05) is 13.7 Å². The standard InChI is InChI=1S/C15H20ClNO2/c1-18-13-5-4-12(16)8-11(13)9-15(17)6-7-19-14(15)10-2-3-10/h4-5,8,10,14H,2-3,6-7,9,17H2,1H3. The zero-order valence-corrected chi connectivity index (χ0v) is 12.0. The molecule has 0 spiro atoms. The normalized spacial score (nSPS) is 30.6. The highest BCUT2D eigenvalue weighted by atomic mass is 35.5. The third kappa shape index (κ3) is 2.60. The molecule has 1 aliphatic heterocycles. The van der Waals surface area contributed by atoms with Gasteiger partial charge in [-0.25, -0.2) is 0 Å². The first-order valence-corrected chi connectivity index (χ1v) is 7.23. The first-order valence-electron chi connectivity index (χ1n) is 6.85. The molecule has 3 nitrogen and oxygen atoms in total. The Balaban J connectivity index is 1.85. The summed E-state index contributed by atoms with van der Waals surface area (Å²) in [6.45, 7) is 0.764. The van der Waals surface area contributed by atoms with E-state index < -0.39 is 0 Å². The lowest BCUT2D eigenvalue weighted by molar-refractivity contribution is 0.0625. The summed E-state index contributed by atoms with van der Waals surface area (Å²) in [7, 11) is 1.68. The summed E-state index contributed by atoms with van der Waals surface area (Å²) in [6, 6.07) is 5.71. The van der Waals surface area contributed by atoms with Crippen molar-refractivity contribution in [2.24, 2.45) is 11.7 Å². The van der Waals surface area contributed by atoms with E-state index in [9.17, 15) is 0 Å². The smallest absolute Gasteiger partial charge is 0.122 e. The van der Waals surface area contributed by atoms with Crippen LogP contribution in [0.25, 0.3) is 0 Å². The molecule has 4 heteroatoms. The quantitative estimate of drug-likeness (QED) is 0.923. The van der Waals surface area contributed by atoms with Gasteiger partial charge in [-0.05, 0) is 55.4 Å². The van der Waals surface area contributed by atoms with Crippen molar-refractivity contribution in [3.05, 3.63) is 28.8 Å². The van der Waals surface area contributed by atoms with E-state index in [2.05, 4.69) is 0 Å². The number of hydrogen-bond donors (Lipinski definition) is 1. The second kappa shape index (κ2) is 4.97. The lowest BCUT2D eigenvalue weighted by Gasteiger charge is -2.30. The number of ether oxygens (including phenoxy) is 2. The van der Waals surface area contributed by atoms with Crippen LogP contribution >= 0.6 is 11.6 Å². The van der Waals surface area contributed by atoms with Crippen LogP contribution in [0.5, 0.6) is 5.75 Å². The molecule has 0 aromatic heterocycles. The van der Waals surface area contributed by atoms with E-state index in [4.69, 9.17) is 26.8 Å². The molecular weight excluding hydrogens is 262 g/mol. The Kier molecular flexibility index (Phi) is 3.46. The maximum Gasteiger partial charge on any atom is 0.122 e. The summed E-state index contributed by atoms with van der Waals surface area (Å²) in [5.41, 5.74) is 7.43. The molecule has 1 aliphatic carbocycles. The SMILES string of the molecule is COc1ccc(Cl)cc1CC1(N)CCOC1C1CC1. The van der Waals surface area contributed by atoms with E-state index in [0.29, 0.717) is 5.92 Å². The molecule has 2 N–H and O–H groups in total. The molecule has 2 atom stereocenters. The highest BCUT2D eigenvalue weighted by Gasteiger charge is 2.48. The molecule has 3 rings (SSSR count). The third-order valence-electron chi connectivity index (χ3n) is 4.24. The van der Waals surface area contributed by atoms with Gasteiger partial charge in [0.2, 0.25) is 0 Å². The average Bonchev–Trinajstić information content (AvgIpc) is 3.14. The lowest BCUT2D eigenvalue weighted by Crippen LogP contribution is -2.50. The fraction of sp³-hybridized carbons (Fsp3) is 0.600. The first-order chi connectivity index (χ1) is 9.12. The topological polar surface area (TPSA) is 44.5 Å². The summed E-state index contributed by atoms with van der Waals surface area (Å²) >= 11 is 6.09. The van der Waals surface area contributed by atoms with Crippen molar-refractivity contribution in [3.8, 4) is 5.75 Å². The molecule has 1 heterocycles. The highest BCUT2D eigenvalue weighted by molar-refractivity contribution is 6.30. The summed E-state index contributed by atoms with van der Waals surface area (Å²) in [5.74, 6) is 1.51. The minimum atomic E-state index is -0.279. The Bertz CT molecular complexity index is 475. The van der Waals surface area contributed by atoms with E-state index in [-0.39, 0.29) is 11.6 Å². The van der Waals surface area contributed by atoms with E-state index in [0.717, 1.165) is 35.8 Å². The van der Waals surface area contributed by atoms with Crippen molar-refractivity contribution in [3.63, 3.8) is 0 Å². The fourth-order valence-corrected chi connectivity index (χ4v) is 3.31. The summed E-state index contributed by atoms with van der Waals surface area (Å²) < 4.78 is 11.3. The van der Waals surface area contributed by atoms with Gasteiger partial charge in [0.1, 0.15) is 5.75 Å². The molecule has 0 radical (unpaired) electrons. The molecule has 1 aromatic carbocycles. The van der Waals surface area contributed by atoms with Gasteiger partial charge in [0.05, 0.1) is 13.2 Å². The first kappa shape index (κ1) is 13.2. The molecule has 1 aromatic rings. The van der Waals surface area contributed by atoms with Gasteiger partial charge < -0.3 is 15.2 Å². The minimum Gasteiger partial charge on any atom is -0.496 e. The summed E-state index contributed by atoms with van der Waals surface area (Å²) in [6.07, 6.45) is 4.35. The lowest BCUT2D eigenvalue weighted by atomic mass is 9.83. The number of benzene rings is 1. The van der Waals surface area contributed by atoms with Crippen LogP contribution in [0, 0.1) is 5.92 Å². The Morgan fingerprint density at radius 3 is 2.95 bits per heavy atom. The monoisotopic (exact) mass is 281 g/mol. The van der Waals surface area contributed by atoms with Crippen LogP contribution in [0.15, 0.2) is 18.2 Å². The van der Waals surface area contributed by atoms with Gasteiger partial charge in [-0.1, -0.05) is 11.6 Å². The van der Waals surface area contributed by atoms with Gasteiger partial charge >= 0.3 is 0 Å². The summed E-state index contributed by atoms with van der Waals surface area (Å²) in [4.78, 5) is 0. The predicted molar refractivity (Wildman–Crippen MR) is 75.7 cm³/mol. The van der Waals surface area contributed by atoms with Gasteiger partial charge in [0.25, 0.3) is 0 Å². The summed E-state index contributed by atoms with van der Waals surface area (Å²) in [5, 5.41) is 0.723. The number of hydrogen-bond acceptors (Lipinski definition) is 3. The fourth-order valence-electron chi connectivity index (χ4n) is 3.12. The van der Waals surface area contributed by atoms with Crippen LogP contribution in [-0.4, -0.2) is 25.4 Å². The number of rotatable bonds is 4. The van der Waals surface area contributed by atoms with Crippen LogP contribution in [0.1, 0.15) is 24.8 Å². The van der Waals surface area contributed by atoms with Gasteiger partial charge in [0.15, 0.2) is 0 Å². The van der Waals surface area contributed by atoms with Crippen molar-refractivity contribution in [1.29, 1.82) is 0 Å². The second-order valence-electron chi connectivity index (χ2n) is 5.74. The molecule has 19 heavy (non-hydrogen) atoms. The third-order valence-corrected chi connectivity index (χ3v) is 4.48. The maximum absolute atomic E-state index is 6.63. The Labute approximate surface area is 119 Å². The van der Waals surface area contributed by atoms with Crippen LogP contribution in [0.2, 0.25) is 5.02 Å². The predicted octanol–water partition coefficient (Wildman–Crippen LogP) is 2.79. The van der Waals surface area contributed by atoms with E-state index in [1.54, 1.807) is 7.11 Å². The van der Waals surface area contributed by atoms with Crippen molar-refractivity contribution >= 4 is 11.6 Å². The largest absolute Gasteiger partial charge is 0.496 e. The van der Waals surface area contributed by atoms with Gasteiger partial charge in [-0.2, -0.15) is 0 Å². The molecule has 1 saturated carbocycles. The van der Waals surface area contributed by atoms with Crippen LogP contribution in [0.4, 0.5) is 0 Å². The molecule has 2 fully saturated rings. The van der Waals surface area contributed by atoms with Crippen molar-refractivity contribution in [2.45, 2.75) is 37.3 Å². The molecule has 1 saturated heterocycles. The van der Waals surface area contributed by atoms with Crippen LogP contribution < -0.4 is 10.5 Å². The van der Waals surface area contributed by atoms with E-state index in [1.807, 2.05) is 18.2 Å². The Morgan fingerprint density at radius 1 is 1.47 bits per heavy atom. The van der Waals surface area contributed by atoms with Crippen molar-refractivity contribution in [1.82, 2.24) is 0 Å². The maximum atomic E-state index is 6.63. The molecule has 2 aliphatic rings. The minimum absolute atomic E-state index is 0.191. The average molecular weight is 282 g/mol. The molecule has 0 amide bonds.